The van der Waals surface area contributed by atoms with Crippen molar-refractivity contribution in [2.24, 2.45) is 5.92 Å². The first-order valence-electron chi connectivity index (χ1n) is 7.55. The zero-order valence-electron chi connectivity index (χ0n) is 12.9. The second-order valence-corrected chi connectivity index (χ2v) is 7.16. The molecule has 1 saturated heterocycles. The summed E-state index contributed by atoms with van der Waals surface area (Å²) in [5.41, 5.74) is 3.37. The summed E-state index contributed by atoms with van der Waals surface area (Å²) in [7, 11) is 1.39. The molecule has 2 aromatic heterocycles. The second-order valence-electron chi connectivity index (χ2n) is 6.00. The van der Waals surface area contributed by atoms with Gasteiger partial charge in [-0.05, 0) is 59.5 Å². The Morgan fingerprint density at radius 3 is 3.14 bits per heavy atom. The Morgan fingerprint density at radius 2 is 2.41 bits per heavy atom. The first kappa shape index (κ1) is 15.7. The monoisotopic (exact) mass is 413 g/mol. The molecule has 22 heavy (non-hydrogen) atoms. The van der Waals surface area contributed by atoms with E-state index in [1.54, 1.807) is 0 Å². The summed E-state index contributed by atoms with van der Waals surface area (Å²) in [6.45, 7) is 5.35. The second kappa shape index (κ2) is 6.54. The Bertz CT molecular complexity index is 698. The van der Waals surface area contributed by atoms with E-state index in [-0.39, 0.29) is 5.97 Å². The van der Waals surface area contributed by atoms with E-state index < -0.39 is 0 Å². The fourth-order valence-corrected chi connectivity index (χ4v) is 3.69. The van der Waals surface area contributed by atoms with Gasteiger partial charge in [0, 0.05) is 19.3 Å². The van der Waals surface area contributed by atoms with Crippen LogP contribution >= 0.6 is 22.6 Å². The maximum atomic E-state index is 11.9. The lowest BCUT2D eigenvalue weighted by Gasteiger charge is -2.31. The third-order valence-electron chi connectivity index (χ3n) is 4.20. The highest BCUT2D eigenvalue weighted by Crippen LogP contribution is 2.25. The molecule has 3 heterocycles. The van der Waals surface area contributed by atoms with E-state index in [0.29, 0.717) is 5.69 Å². The fraction of sp³-hybridized carbons (Fsp3) is 0.500. The van der Waals surface area contributed by atoms with Crippen LogP contribution in [-0.4, -0.2) is 41.0 Å². The van der Waals surface area contributed by atoms with E-state index in [9.17, 15) is 4.79 Å². The van der Waals surface area contributed by atoms with Gasteiger partial charge < -0.3 is 9.72 Å². The van der Waals surface area contributed by atoms with Gasteiger partial charge in [-0.15, -0.1) is 0 Å². The lowest BCUT2D eigenvalue weighted by Crippen LogP contribution is -2.33. The van der Waals surface area contributed by atoms with Crippen molar-refractivity contribution in [3.63, 3.8) is 0 Å². The average molecular weight is 413 g/mol. The SMILES string of the molecule is COC(=O)c1cc(CN2CCC[C@H](C)C2)c2[nH]cc(I)c2n1. The van der Waals surface area contributed by atoms with Crippen LogP contribution < -0.4 is 0 Å². The van der Waals surface area contributed by atoms with Crippen molar-refractivity contribution in [1.82, 2.24) is 14.9 Å². The summed E-state index contributed by atoms with van der Waals surface area (Å²) in [5, 5.41) is 0. The third-order valence-corrected chi connectivity index (χ3v) is 5.02. The Morgan fingerprint density at radius 1 is 1.59 bits per heavy atom. The number of likely N-dealkylation sites (tertiary alicyclic amines) is 1. The van der Waals surface area contributed by atoms with Crippen LogP contribution in [0.1, 0.15) is 35.8 Å². The maximum Gasteiger partial charge on any atom is 0.356 e. The molecule has 0 aliphatic carbocycles. The molecule has 1 aliphatic heterocycles. The van der Waals surface area contributed by atoms with Gasteiger partial charge in [-0.1, -0.05) is 6.92 Å². The van der Waals surface area contributed by atoms with Crippen LogP contribution in [0.3, 0.4) is 0 Å². The van der Waals surface area contributed by atoms with E-state index in [4.69, 9.17) is 4.74 Å². The number of aromatic amines is 1. The zero-order valence-corrected chi connectivity index (χ0v) is 15.0. The Kier molecular flexibility index (Phi) is 4.67. The van der Waals surface area contributed by atoms with Crippen LogP contribution in [0.5, 0.6) is 0 Å². The Balaban J connectivity index is 1.97. The summed E-state index contributed by atoms with van der Waals surface area (Å²) >= 11 is 2.24. The number of piperidine rings is 1. The minimum atomic E-state index is -0.382. The van der Waals surface area contributed by atoms with Crippen molar-refractivity contribution in [3.8, 4) is 0 Å². The summed E-state index contributed by atoms with van der Waals surface area (Å²) in [4.78, 5) is 22.1. The molecule has 0 bridgehead atoms. The fourth-order valence-electron chi connectivity index (χ4n) is 3.14. The number of carbonyl (C=O) groups is 1. The molecule has 5 nitrogen and oxygen atoms in total. The standard InChI is InChI=1S/C16H20IN3O2/c1-10-4-3-5-20(8-10)9-11-6-13(16(21)22-2)19-15-12(17)7-18-14(11)15/h6-7,10,18H,3-5,8-9H2,1-2H3/t10-/m0/s1. The van der Waals surface area contributed by atoms with Crippen molar-refractivity contribution in [2.45, 2.75) is 26.3 Å². The van der Waals surface area contributed by atoms with Crippen LogP contribution in [0.25, 0.3) is 11.0 Å². The normalized spacial score (nSPS) is 19.5. The Labute approximate surface area is 143 Å². The highest BCUT2D eigenvalue weighted by molar-refractivity contribution is 14.1. The predicted octanol–water partition coefficient (Wildman–Crippen LogP) is 3.19. The molecule has 6 heteroatoms. The van der Waals surface area contributed by atoms with E-state index in [0.717, 1.165) is 45.7 Å². The first-order chi connectivity index (χ1) is 10.6. The van der Waals surface area contributed by atoms with Gasteiger partial charge in [0.2, 0.25) is 0 Å². The van der Waals surface area contributed by atoms with Gasteiger partial charge >= 0.3 is 5.97 Å². The summed E-state index contributed by atoms with van der Waals surface area (Å²) in [6, 6.07) is 1.86. The van der Waals surface area contributed by atoms with E-state index in [1.165, 1.54) is 20.0 Å². The molecule has 2 aromatic rings. The van der Waals surface area contributed by atoms with E-state index in [1.807, 2.05) is 12.3 Å². The maximum absolute atomic E-state index is 11.9. The van der Waals surface area contributed by atoms with Gasteiger partial charge in [-0.3, -0.25) is 4.90 Å². The lowest BCUT2D eigenvalue weighted by molar-refractivity contribution is 0.0594. The number of hydrogen-bond acceptors (Lipinski definition) is 4. The van der Waals surface area contributed by atoms with E-state index in [2.05, 4.69) is 44.4 Å². The third kappa shape index (κ3) is 3.12. The molecule has 0 aromatic carbocycles. The number of carbonyl (C=O) groups excluding carboxylic acids is 1. The topological polar surface area (TPSA) is 58.2 Å². The minimum absolute atomic E-state index is 0.382. The minimum Gasteiger partial charge on any atom is -0.464 e. The molecule has 1 N–H and O–H groups in total. The summed E-state index contributed by atoms with van der Waals surface area (Å²) < 4.78 is 5.86. The number of pyridine rings is 1. The van der Waals surface area contributed by atoms with Crippen LogP contribution in [0.2, 0.25) is 0 Å². The van der Waals surface area contributed by atoms with Gasteiger partial charge in [-0.25, -0.2) is 9.78 Å². The highest BCUT2D eigenvalue weighted by atomic mass is 127. The van der Waals surface area contributed by atoms with Crippen molar-refractivity contribution in [1.29, 1.82) is 0 Å². The number of nitrogens with one attached hydrogen (secondary N) is 1. The predicted molar refractivity (Wildman–Crippen MR) is 93.8 cm³/mol. The number of H-pyrrole nitrogens is 1. The number of methoxy groups -OCH3 is 1. The Hall–Kier alpha value is -1.15. The number of ether oxygens (including phenoxy) is 1. The quantitative estimate of drug-likeness (QED) is 0.621. The smallest absolute Gasteiger partial charge is 0.356 e. The van der Waals surface area contributed by atoms with Crippen molar-refractivity contribution < 1.29 is 9.53 Å². The van der Waals surface area contributed by atoms with Gasteiger partial charge in [-0.2, -0.15) is 0 Å². The molecule has 1 atom stereocenters. The first-order valence-corrected chi connectivity index (χ1v) is 8.63. The van der Waals surface area contributed by atoms with Crippen LogP contribution in [0.15, 0.2) is 12.3 Å². The summed E-state index contributed by atoms with van der Waals surface area (Å²) in [6.07, 6.45) is 4.47. The molecular formula is C16H20IN3O2. The van der Waals surface area contributed by atoms with Gasteiger partial charge in [0.1, 0.15) is 11.2 Å². The van der Waals surface area contributed by atoms with Gasteiger partial charge in [0.05, 0.1) is 16.2 Å². The van der Waals surface area contributed by atoms with Crippen molar-refractivity contribution in [2.75, 3.05) is 20.2 Å². The molecule has 0 saturated carbocycles. The molecule has 0 radical (unpaired) electrons. The number of nitrogens with zero attached hydrogens (tertiary/aromatic N) is 2. The lowest BCUT2D eigenvalue weighted by atomic mass is 9.99. The van der Waals surface area contributed by atoms with Crippen LogP contribution in [-0.2, 0) is 11.3 Å². The number of aromatic nitrogens is 2. The molecular weight excluding hydrogens is 393 g/mol. The van der Waals surface area contributed by atoms with E-state index >= 15 is 0 Å². The molecule has 0 spiro atoms. The van der Waals surface area contributed by atoms with Crippen LogP contribution in [0.4, 0.5) is 0 Å². The molecule has 0 unspecified atom stereocenters. The van der Waals surface area contributed by atoms with Gasteiger partial charge in [0.15, 0.2) is 0 Å². The van der Waals surface area contributed by atoms with Crippen LogP contribution in [0, 0.1) is 9.49 Å². The number of hydrogen-bond donors (Lipinski definition) is 1. The molecule has 3 rings (SSSR count). The van der Waals surface area contributed by atoms with Gasteiger partial charge in [0.25, 0.3) is 0 Å². The number of rotatable bonds is 3. The molecule has 0 amide bonds. The largest absolute Gasteiger partial charge is 0.464 e. The van der Waals surface area contributed by atoms with Crippen molar-refractivity contribution in [3.05, 3.63) is 27.1 Å². The van der Waals surface area contributed by atoms with Crippen molar-refractivity contribution >= 4 is 39.6 Å². The highest BCUT2D eigenvalue weighted by Gasteiger charge is 2.20. The summed E-state index contributed by atoms with van der Waals surface area (Å²) in [5.74, 6) is 0.349. The molecule has 1 aliphatic rings. The number of esters is 1. The number of halogens is 1. The number of fused-ring (bicyclic) bond motifs is 1. The average Bonchev–Trinajstić information content (AvgIpc) is 2.88. The zero-order chi connectivity index (χ0) is 15.7. The molecule has 1 fully saturated rings. The molecule has 118 valence electrons.